The van der Waals surface area contributed by atoms with Gasteiger partial charge in [0.25, 0.3) is 0 Å². The first-order valence-electron chi connectivity index (χ1n) is 4.14. The van der Waals surface area contributed by atoms with Gasteiger partial charge in [0.15, 0.2) is 17.4 Å². The van der Waals surface area contributed by atoms with Gasteiger partial charge >= 0.3 is 0 Å². The summed E-state index contributed by atoms with van der Waals surface area (Å²) in [5.41, 5.74) is 0.287. The molecular formula is C10H7F2NO. The first-order chi connectivity index (χ1) is 6.59. The van der Waals surface area contributed by atoms with Crippen LogP contribution in [-0.4, -0.2) is 11.5 Å². The highest BCUT2D eigenvalue weighted by Crippen LogP contribution is 2.28. The highest BCUT2D eigenvalue weighted by Gasteiger charge is 2.31. The maximum atomic E-state index is 13.2. The molecule has 0 radical (unpaired) electrons. The molecule has 1 aliphatic carbocycles. The van der Waals surface area contributed by atoms with Crippen LogP contribution in [0.1, 0.15) is 6.92 Å². The summed E-state index contributed by atoms with van der Waals surface area (Å²) in [6, 6.07) is 0. The number of hydrogen-bond donors (Lipinski definition) is 0. The topological polar surface area (TPSA) is 29.4 Å². The van der Waals surface area contributed by atoms with Crippen LogP contribution in [0.25, 0.3) is 0 Å². The van der Waals surface area contributed by atoms with Crippen LogP contribution in [0.5, 0.6) is 0 Å². The van der Waals surface area contributed by atoms with Gasteiger partial charge in [0, 0.05) is 11.8 Å². The van der Waals surface area contributed by atoms with E-state index in [1.165, 1.54) is 12.2 Å². The molecule has 1 heterocycles. The van der Waals surface area contributed by atoms with E-state index in [4.69, 9.17) is 0 Å². The summed E-state index contributed by atoms with van der Waals surface area (Å²) in [4.78, 5) is 15.2. The summed E-state index contributed by atoms with van der Waals surface area (Å²) in [5.74, 6) is -3.01. The van der Waals surface area contributed by atoms with Gasteiger partial charge in [0.2, 0.25) is 0 Å². The SMILES string of the molecule is CC1=CC(=O)C2C=CC(F)=C(F)C2=N1. The molecule has 0 bridgehead atoms. The second kappa shape index (κ2) is 2.97. The normalized spacial score (nSPS) is 25.9. The fourth-order valence-electron chi connectivity index (χ4n) is 1.47. The predicted octanol–water partition coefficient (Wildman–Crippen LogP) is 2.25. The second-order valence-electron chi connectivity index (χ2n) is 3.18. The van der Waals surface area contributed by atoms with Gasteiger partial charge in [-0.05, 0) is 13.0 Å². The molecule has 0 spiro atoms. The molecule has 0 saturated carbocycles. The van der Waals surface area contributed by atoms with E-state index in [0.717, 1.165) is 6.08 Å². The smallest absolute Gasteiger partial charge is 0.181 e. The van der Waals surface area contributed by atoms with Gasteiger partial charge in [0.05, 0.1) is 11.6 Å². The summed E-state index contributed by atoms with van der Waals surface area (Å²) in [5, 5.41) is 0. The van der Waals surface area contributed by atoms with Gasteiger partial charge in [0.1, 0.15) is 0 Å². The van der Waals surface area contributed by atoms with Crippen molar-refractivity contribution in [2.75, 3.05) is 0 Å². The predicted molar refractivity (Wildman–Crippen MR) is 48.1 cm³/mol. The molecule has 0 fully saturated rings. The van der Waals surface area contributed by atoms with Crippen LogP contribution in [0.2, 0.25) is 0 Å². The molecule has 1 aliphatic heterocycles. The van der Waals surface area contributed by atoms with Crippen LogP contribution < -0.4 is 0 Å². The first kappa shape index (κ1) is 8.99. The van der Waals surface area contributed by atoms with Crippen molar-refractivity contribution >= 4 is 11.5 Å². The third kappa shape index (κ3) is 1.23. The van der Waals surface area contributed by atoms with Crippen molar-refractivity contribution in [3.8, 4) is 0 Å². The largest absolute Gasteiger partial charge is 0.294 e. The number of ketones is 1. The molecule has 2 aliphatic rings. The monoisotopic (exact) mass is 195 g/mol. The lowest BCUT2D eigenvalue weighted by atomic mass is 9.90. The van der Waals surface area contributed by atoms with Crippen LogP contribution in [0, 0.1) is 5.92 Å². The third-order valence-electron chi connectivity index (χ3n) is 2.12. The van der Waals surface area contributed by atoms with Crippen molar-refractivity contribution in [2.24, 2.45) is 10.9 Å². The number of rotatable bonds is 0. The van der Waals surface area contributed by atoms with Crippen molar-refractivity contribution < 1.29 is 13.6 Å². The number of halogens is 2. The minimum Gasteiger partial charge on any atom is -0.294 e. The molecular weight excluding hydrogens is 188 g/mol. The van der Waals surface area contributed by atoms with Gasteiger partial charge in [-0.1, -0.05) is 6.08 Å². The van der Waals surface area contributed by atoms with Crippen LogP contribution in [0.15, 0.2) is 40.6 Å². The number of allylic oxidation sites excluding steroid dienone is 6. The van der Waals surface area contributed by atoms with Crippen molar-refractivity contribution in [1.82, 2.24) is 0 Å². The molecule has 1 unspecified atom stereocenters. The third-order valence-corrected chi connectivity index (χ3v) is 2.12. The Morgan fingerprint density at radius 2 is 2.14 bits per heavy atom. The van der Waals surface area contributed by atoms with E-state index in [1.807, 2.05) is 0 Å². The molecule has 0 aromatic rings. The Labute approximate surface area is 79.3 Å². The highest BCUT2D eigenvalue weighted by atomic mass is 19.2. The lowest BCUT2D eigenvalue weighted by Crippen LogP contribution is -2.27. The summed E-state index contributed by atoms with van der Waals surface area (Å²) in [6.45, 7) is 1.57. The van der Waals surface area contributed by atoms with Gasteiger partial charge in [-0.25, -0.2) is 8.78 Å². The Morgan fingerprint density at radius 3 is 2.86 bits per heavy atom. The zero-order valence-corrected chi connectivity index (χ0v) is 7.42. The minimum absolute atomic E-state index is 0.116. The number of carbonyl (C=O) groups excluding carboxylic acids is 1. The average Bonchev–Trinajstić information content (AvgIpc) is 2.12. The molecule has 0 aromatic heterocycles. The Hall–Kier alpha value is -1.58. The molecule has 14 heavy (non-hydrogen) atoms. The number of hydrogen-bond acceptors (Lipinski definition) is 2. The van der Waals surface area contributed by atoms with E-state index in [0.29, 0.717) is 5.70 Å². The zero-order valence-electron chi connectivity index (χ0n) is 7.42. The molecule has 0 aromatic carbocycles. The molecule has 2 nitrogen and oxygen atoms in total. The Bertz CT molecular complexity index is 429. The first-order valence-corrected chi connectivity index (χ1v) is 4.14. The Morgan fingerprint density at radius 1 is 1.43 bits per heavy atom. The molecule has 0 amide bonds. The fourth-order valence-corrected chi connectivity index (χ4v) is 1.47. The van der Waals surface area contributed by atoms with E-state index in [1.54, 1.807) is 6.92 Å². The molecule has 72 valence electrons. The summed E-state index contributed by atoms with van der Waals surface area (Å²) in [6.07, 6.45) is 3.61. The standard InChI is InChI=1S/C10H7F2NO/c1-5-4-8(14)6-2-3-7(11)9(12)10(6)13-5/h2-4,6H,1H3. The van der Waals surface area contributed by atoms with E-state index >= 15 is 0 Å². The van der Waals surface area contributed by atoms with Gasteiger partial charge < -0.3 is 0 Å². The molecule has 0 saturated heterocycles. The molecule has 0 N–H and O–H groups in total. The number of carbonyl (C=O) groups is 1. The highest BCUT2D eigenvalue weighted by molar-refractivity contribution is 6.19. The average molecular weight is 195 g/mol. The van der Waals surface area contributed by atoms with Crippen molar-refractivity contribution in [3.05, 3.63) is 35.6 Å². The van der Waals surface area contributed by atoms with Crippen LogP contribution >= 0.6 is 0 Å². The minimum atomic E-state index is -1.03. The van der Waals surface area contributed by atoms with Crippen LogP contribution in [0.3, 0.4) is 0 Å². The summed E-state index contributed by atoms with van der Waals surface area (Å²) < 4.78 is 26.0. The maximum absolute atomic E-state index is 13.2. The zero-order chi connectivity index (χ0) is 10.3. The van der Waals surface area contributed by atoms with E-state index < -0.39 is 17.6 Å². The van der Waals surface area contributed by atoms with E-state index in [9.17, 15) is 13.6 Å². The van der Waals surface area contributed by atoms with Crippen molar-refractivity contribution in [2.45, 2.75) is 6.92 Å². The lowest BCUT2D eigenvalue weighted by Gasteiger charge is -2.19. The summed E-state index contributed by atoms with van der Waals surface area (Å²) in [7, 11) is 0. The van der Waals surface area contributed by atoms with Crippen molar-refractivity contribution in [3.63, 3.8) is 0 Å². The van der Waals surface area contributed by atoms with Crippen LogP contribution in [0.4, 0.5) is 8.78 Å². The lowest BCUT2D eigenvalue weighted by molar-refractivity contribution is -0.115. The molecule has 4 heteroatoms. The van der Waals surface area contributed by atoms with Gasteiger partial charge in [-0.3, -0.25) is 9.79 Å². The number of fused-ring (bicyclic) bond motifs is 1. The fraction of sp³-hybridized carbons (Fsp3) is 0.200. The van der Waals surface area contributed by atoms with Crippen LogP contribution in [-0.2, 0) is 4.79 Å². The van der Waals surface area contributed by atoms with E-state index in [-0.39, 0.29) is 11.5 Å². The quantitative estimate of drug-likeness (QED) is 0.582. The summed E-state index contributed by atoms with van der Waals surface area (Å²) >= 11 is 0. The molecule has 2 rings (SSSR count). The van der Waals surface area contributed by atoms with Gasteiger partial charge in [-0.15, -0.1) is 0 Å². The Kier molecular flexibility index (Phi) is 1.91. The Balaban J connectivity index is 2.54. The maximum Gasteiger partial charge on any atom is 0.181 e. The van der Waals surface area contributed by atoms with Crippen molar-refractivity contribution in [1.29, 1.82) is 0 Å². The molecule has 1 atom stereocenters. The second-order valence-corrected chi connectivity index (χ2v) is 3.18. The van der Waals surface area contributed by atoms with Gasteiger partial charge in [-0.2, -0.15) is 0 Å². The number of aliphatic imine (C=N–C) groups is 1. The van der Waals surface area contributed by atoms with E-state index in [2.05, 4.69) is 4.99 Å². The number of nitrogens with zero attached hydrogens (tertiary/aromatic N) is 1.